The van der Waals surface area contributed by atoms with Crippen LogP contribution in [0.5, 0.6) is 0 Å². The van der Waals surface area contributed by atoms with Crippen molar-refractivity contribution in [3.63, 3.8) is 0 Å². The molecule has 4 rings (SSSR count). The van der Waals surface area contributed by atoms with Crippen molar-refractivity contribution < 1.29 is 4.79 Å². The van der Waals surface area contributed by atoms with Crippen molar-refractivity contribution in [1.82, 2.24) is 9.47 Å². The Morgan fingerprint density at radius 2 is 1.96 bits per heavy atom. The van der Waals surface area contributed by atoms with E-state index in [1.807, 2.05) is 0 Å². The highest BCUT2D eigenvalue weighted by Gasteiger charge is 2.43. The molecular formula is C20H27N3O. The molecule has 1 saturated carbocycles. The molecule has 1 amide bonds. The van der Waals surface area contributed by atoms with Crippen LogP contribution in [0.2, 0.25) is 0 Å². The summed E-state index contributed by atoms with van der Waals surface area (Å²) in [6.45, 7) is 2.90. The number of hydrogen-bond acceptors (Lipinski definition) is 2. The number of nitrogens with two attached hydrogens (primary N) is 1. The largest absolute Gasteiger partial charge is 0.369 e. The number of aromatic nitrogens is 1. The Kier molecular flexibility index (Phi) is 3.87. The van der Waals surface area contributed by atoms with Crippen molar-refractivity contribution in [2.75, 3.05) is 13.1 Å². The number of amides is 1. The Morgan fingerprint density at radius 3 is 2.62 bits per heavy atom. The van der Waals surface area contributed by atoms with Gasteiger partial charge in [-0.3, -0.25) is 9.69 Å². The maximum absolute atomic E-state index is 12.1. The molecule has 2 N–H and O–H groups in total. The number of carbonyl (C=O) groups is 1. The first-order valence-corrected chi connectivity index (χ1v) is 9.13. The maximum Gasteiger partial charge on any atom is 0.223 e. The third-order valence-corrected chi connectivity index (χ3v) is 6.09. The summed E-state index contributed by atoms with van der Waals surface area (Å²) in [6.07, 6.45) is 7.67. The molecule has 2 fully saturated rings. The van der Waals surface area contributed by atoms with E-state index in [0.717, 1.165) is 44.8 Å². The third-order valence-electron chi connectivity index (χ3n) is 6.09. The number of para-hydroxylation sites is 1. The number of nitrogens with zero attached hydrogens (tertiary/aromatic N) is 2. The van der Waals surface area contributed by atoms with Gasteiger partial charge in [-0.25, -0.2) is 0 Å². The lowest BCUT2D eigenvalue weighted by atomic mass is 9.73. The first-order valence-electron chi connectivity index (χ1n) is 9.13. The van der Waals surface area contributed by atoms with Crippen LogP contribution in [0.1, 0.15) is 37.7 Å². The molecule has 1 aromatic heterocycles. The van der Waals surface area contributed by atoms with Gasteiger partial charge in [0.1, 0.15) is 0 Å². The molecule has 1 aliphatic heterocycles. The summed E-state index contributed by atoms with van der Waals surface area (Å²) in [4.78, 5) is 14.6. The Bertz CT molecular complexity index is 751. The van der Waals surface area contributed by atoms with E-state index in [1.54, 1.807) is 0 Å². The molecule has 0 spiro atoms. The highest BCUT2D eigenvalue weighted by Crippen LogP contribution is 2.45. The van der Waals surface area contributed by atoms with Crippen molar-refractivity contribution in [2.24, 2.45) is 24.1 Å². The summed E-state index contributed by atoms with van der Waals surface area (Å²) in [6, 6.07) is 8.57. The fourth-order valence-electron chi connectivity index (χ4n) is 4.36. The number of aryl methyl sites for hydroxylation is 1. The van der Waals surface area contributed by atoms with Crippen LogP contribution in [0.25, 0.3) is 10.9 Å². The number of likely N-dealkylation sites (tertiary alicyclic amines) is 1. The predicted octanol–water partition coefficient (Wildman–Crippen LogP) is 3.05. The predicted molar refractivity (Wildman–Crippen MR) is 96.4 cm³/mol. The standard InChI is InChI=1S/C20H27N3O/c1-22-13-16(17-4-2-3-5-18(17)22)14-23-10-8-20(9-11-23,19(21)24)12-15-6-7-15/h2-5,13,15H,6-12,14H2,1H3,(H2,21,24). The number of rotatable bonds is 5. The van der Waals surface area contributed by atoms with Gasteiger partial charge in [-0.2, -0.15) is 0 Å². The molecular weight excluding hydrogens is 298 g/mol. The van der Waals surface area contributed by atoms with Crippen LogP contribution >= 0.6 is 0 Å². The highest BCUT2D eigenvalue weighted by molar-refractivity contribution is 5.84. The molecule has 24 heavy (non-hydrogen) atoms. The van der Waals surface area contributed by atoms with Crippen LogP contribution in [0.3, 0.4) is 0 Å². The molecule has 2 aromatic rings. The number of carbonyl (C=O) groups excluding carboxylic acids is 1. The SMILES string of the molecule is Cn1cc(CN2CCC(CC3CC3)(C(N)=O)CC2)c2ccccc21. The second kappa shape index (κ2) is 5.92. The number of primary amides is 1. The van der Waals surface area contributed by atoms with Crippen LogP contribution in [-0.2, 0) is 18.4 Å². The summed E-state index contributed by atoms with van der Waals surface area (Å²) in [5.41, 5.74) is 8.21. The average Bonchev–Trinajstić information content (AvgIpc) is 3.34. The Hall–Kier alpha value is -1.81. The average molecular weight is 325 g/mol. The molecule has 4 nitrogen and oxygen atoms in total. The van der Waals surface area contributed by atoms with Crippen LogP contribution < -0.4 is 5.73 Å². The van der Waals surface area contributed by atoms with Gasteiger partial charge in [-0.15, -0.1) is 0 Å². The van der Waals surface area contributed by atoms with Crippen molar-refractivity contribution in [3.05, 3.63) is 36.0 Å². The van der Waals surface area contributed by atoms with Crippen LogP contribution in [-0.4, -0.2) is 28.5 Å². The van der Waals surface area contributed by atoms with E-state index in [2.05, 4.69) is 47.0 Å². The van der Waals surface area contributed by atoms with Gasteiger partial charge in [0.2, 0.25) is 5.91 Å². The monoisotopic (exact) mass is 325 g/mol. The van der Waals surface area contributed by atoms with E-state index in [-0.39, 0.29) is 11.3 Å². The van der Waals surface area contributed by atoms with Crippen LogP contribution in [0.4, 0.5) is 0 Å². The fourth-order valence-corrected chi connectivity index (χ4v) is 4.36. The first kappa shape index (κ1) is 15.7. The fraction of sp³-hybridized carbons (Fsp3) is 0.550. The van der Waals surface area contributed by atoms with E-state index in [9.17, 15) is 4.79 Å². The van der Waals surface area contributed by atoms with Gasteiger partial charge in [-0.1, -0.05) is 31.0 Å². The summed E-state index contributed by atoms with van der Waals surface area (Å²) in [5, 5.41) is 1.34. The van der Waals surface area contributed by atoms with Gasteiger partial charge in [0.05, 0.1) is 5.41 Å². The molecule has 1 saturated heterocycles. The van der Waals surface area contributed by atoms with E-state index in [4.69, 9.17) is 5.73 Å². The molecule has 2 heterocycles. The molecule has 0 bridgehead atoms. The minimum Gasteiger partial charge on any atom is -0.369 e. The zero-order chi connectivity index (χ0) is 16.7. The van der Waals surface area contributed by atoms with Gasteiger partial charge in [-0.05, 0) is 49.9 Å². The van der Waals surface area contributed by atoms with E-state index >= 15 is 0 Å². The van der Waals surface area contributed by atoms with Crippen molar-refractivity contribution in [1.29, 1.82) is 0 Å². The summed E-state index contributed by atoms with van der Waals surface area (Å²) in [7, 11) is 2.11. The van der Waals surface area contributed by atoms with Gasteiger partial charge in [0.25, 0.3) is 0 Å². The van der Waals surface area contributed by atoms with E-state index in [1.165, 1.54) is 29.3 Å². The van der Waals surface area contributed by atoms with E-state index in [0.29, 0.717) is 0 Å². The van der Waals surface area contributed by atoms with Crippen LogP contribution in [0.15, 0.2) is 30.5 Å². The summed E-state index contributed by atoms with van der Waals surface area (Å²) < 4.78 is 2.20. The summed E-state index contributed by atoms with van der Waals surface area (Å²) in [5.74, 6) is 0.682. The van der Waals surface area contributed by atoms with Gasteiger partial charge in [0.15, 0.2) is 0 Å². The van der Waals surface area contributed by atoms with Crippen molar-refractivity contribution in [3.8, 4) is 0 Å². The number of fused-ring (bicyclic) bond motifs is 1. The quantitative estimate of drug-likeness (QED) is 0.918. The van der Waals surface area contributed by atoms with E-state index < -0.39 is 0 Å². The lowest BCUT2D eigenvalue weighted by molar-refractivity contribution is -0.131. The Labute approximate surface area is 143 Å². The minimum atomic E-state index is -0.240. The zero-order valence-corrected chi connectivity index (χ0v) is 14.5. The Balaban J connectivity index is 1.46. The van der Waals surface area contributed by atoms with Gasteiger partial charge in [0, 0.05) is 30.7 Å². The zero-order valence-electron chi connectivity index (χ0n) is 14.5. The second-order valence-electron chi connectivity index (χ2n) is 7.85. The van der Waals surface area contributed by atoms with Gasteiger partial charge < -0.3 is 10.3 Å². The first-order chi connectivity index (χ1) is 11.6. The lowest BCUT2D eigenvalue weighted by Crippen LogP contribution is -2.47. The molecule has 4 heteroatoms. The molecule has 1 aliphatic carbocycles. The maximum atomic E-state index is 12.1. The normalized spacial score (nSPS) is 21.2. The molecule has 2 aliphatic rings. The number of piperidine rings is 1. The lowest BCUT2D eigenvalue weighted by Gasteiger charge is -2.40. The minimum absolute atomic E-state index is 0.0702. The second-order valence-corrected chi connectivity index (χ2v) is 7.85. The number of hydrogen-bond donors (Lipinski definition) is 1. The van der Waals surface area contributed by atoms with Crippen molar-refractivity contribution >= 4 is 16.8 Å². The van der Waals surface area contributed by atoms with Crippen LogP contribution in [0, 0.1) is 11.3 Å². The molecule has 1 aromatic carbocycles. The molecule has 0 unspecified atom stereocenters. The van der Waals surface area contributed by atoms with Gasteiger partial charge >= 0.3 is 0 Å². The smallest absolute Gasteiger partial charge is 0.223 e. The summed E-state index contributed by atoms with van der Waals surface area (Å²) >= 11 is 0. The molecule has 0 radical (unpaired) electrons. The number of benzene rings is 1. The highest BCUT2D eigenvalue weighted by atomic mass is 16.1. The Morgan fingerprint density at radius 1 is 1.25 bits per heavy atom. The third kappa shape index (κ3) is 2.84. The van der Waals surface area contributed by atoms with Crippen molar-refractivity contribution in [2.45, 2.75) is 38.6 Å². The molecule has 128 valence electrons. The topological polar surface area (TPSA) is 51.3 Å². The molecule has 0 atom stereocenters.